The summed E-state index contributed by atoms with van der Waals surface area (Å²) in [5, 5.41) is 6.90. The highest BCUT2D eigenvalue weighted by Crippen LogP contribution is 2.45. The number of carbonyl (C=O) groups excluding carboxylic acids is 4. The summed E-state index contributed by atoms with van der Waals surface area (Å²) in [4.78, 5) is 51.4. The number of nitrogens with two attached hydrogens (primary N) is 1. The van der Waals surface area contributed by atoms with Crippen molar-refractivity contribution >= 4 is 29.3 Å². The molecule has 0 aromatic heterocycles. The molecule has 34 heavy (non-hydrogen) atoms. The number of hydrogen-bond acceptors (Lipinski definition) is 5. The smallest absolute Gasteiger partial charge is 0.343 e. The third-order valence-electron chi connectivity index (χ3n) is 6.69. The lowest BCUT2D eigenvalue weighted by Gasteiger charge is -2.29. The fourth-order valence-corrected chi connectivity index (χ4v) is 4.66. The highest BCUT2D eigenvalue weighted by Gasteiger charge is 2.55. The van der Waals surface area contributed by atoms with Gasteiger partial charge in [-0.15, -0.1) is 0 Å². The van der Waals surface area contributed by atoms with Gasteiger partial charge in [-0.2, -0.15) is 13.2 Å². The first-order valence-corrected chi connectivity index (χ1v) is 11.1. The van der Waals surface area contributed by atoms with E-state index >= 15 is 0 Å². The van der Waals surface area contributed by atoms with Gasteiger partial charge in [0, 0.05) is 18.7 Å². The Morgan fingerprint density at radius 3 is 2.56 bits per heavy atom. The lowest BCUT2D eigenvalue weighted by atomic mass is 9.80. The summed E-state index contributed by atoms with van der Waals surface area (Å²) in [5.74, 6) is -3.72. The van der Waals surface area contributed by atoms with Crippen molar-refractivity contribution in [3.63, 3.8) is 0 Å². The topological polar surface area (TPSA) is 134 Å². The number of halogens is 3. The van der Waals surface area contributed by atoms with E-state index in [1.54, 1.807) is 23.5 Å². The van der Waals surface area contributed by atoms with Crippen molar-refractivity contribution in [2.24, 2.45) is 11.7 Å². The summed E-state index contributed by atoms with van der Waals surface area (Å²) >= 11 is 0. The van der Waals surface area contributed by atoms with Crippen LogP contribution in [0.2, 0.25) is 0 Å². The Bertz CT molecular complexity index is 1030. The van der Waals surface area contributed by atoms with Gasteiger partial charge in [0.2, 0.25) is 17.7 Å². The minimum Gasteiger partial charge on any atom is -0.343 e. The van der Waals surface area contributed by atoms with Gasteiger partial charge in [-0.1, -0.05) is 31.0 Å². The SMILES string of the molecule is CC(NC(=O)C(F)(F)F)C(=O)N[C@@H](CC1CC1)C(=O)N1C[C@]2(C[C@H]1N)C(=O)Nc1ccccc12. The van der Waals surface area contributed by atoms with Crippen LogP contribution in [-0.4, -0.2) is 59.5 Å². The predicted molar refractivity (Wildman–Crippen MR) is 114 cm³/mol. The van der Waals surface area contributed by atoms with Gasteiger partial charge in [-0.25, -0.2) is 0 Å². The van der Waals surface area contributed by atoms with E-state index in [9.17, 15) is 32.3 Å². The van der Waals surface area contributed by atoms with Crippen LogP contribution in [0, 0.1) is 5.92 Å². The molecule has 1 aliphatic carbocycles. The van der Waals surface area contributed by atoms with E-state index in [0.717, 1.165) is 25.3 Å². The van der Waals surface area contributed by atoms with Gasteiger partial charge in [-0.3, -0.25) is 19.2 Å². The number of nitrogens with zero attached hydrogens (tertiary/aromatic N) is 1. The van der Waals surface area contributed by atoms with E-state index in [1.807, 2.05) is 6.07 Å². The van der Waals surface area contributed by atoms with Crippen LogP contribution in [-0.2, 0) is 24.6 Å². The summed E-state index contributed by atoms with van der Waals surface area (Å²) in [7, 11) is 0. The lowest BCUT2D eigenvalue weighted by Crippen LogP contribution is -2.56. The molecule has 1 saturated carbocycles. The van der Waals surface area contributed by atoms with Gasteiger partial charge in [0.15, 0.2) is 0 Å². The van der Waals surface area contributed by atoms with E-state index < -0.39 is 47.6 Å². The Kier molecular flexibility index (Phi) is 6.05. The number of nitrogens with one attached hydrogen (secondary N) is 3. The molecular formula is C22H26F3N5O4. The fraction of sp³-hybridized carbons (Fsp3) is 0.545. The van der Waals surface area contributed by atoms with Gasteiger partial charge in [0.25, 0.3) is 0 Å². The minimum absolute atomic E-state index is 0.0211. The number of amides is 4. The van der Waals surface area contributed by atoms with Crippen LogP contribution in [0.15, 0.2) is 24.3 Å². The summed E-state index contributed by atoms with van der Waals surface area (Å²) in [6.45, 7) is 1.13. The van der Waals surface area contributed by atoms with Crippen molar-refractivity contribution in [2.75, 3.05) is 11.9 Å². The van der Waals surface area contributed by atoms with Crippen LogP contribution < -0.4 is 21.7 Å². The molecular weight excluding hydrogens is 455 g/mol. The quantitative estimate of drug-likeness (QED) is 0.476. The molecule has 1 spiro atoms. The van der Waals surface area contributed by atoms with Gasteiger partial charge < -0.3 is 26.6 Å². The molecule has 1 saturated heterocycles. The largest absolute Gasteiger partial charge is 0.471 e. The van der Waals surface area contributed by atoms with Crippen LogP contribution in [0.5, 0.6) is 0 Å². The molecule has 1 aromatic rings. The van der Waals surface area contributed by atoms with Gasteiger partial charge in [0.05, 0.1) is 11.6 Å². The molecule has 2 fully saturated rings. The highest BCUT2D eigenvalue weighted by atomic mass is 19.4. The van der Waals surface area contributed by atoms with Crippen LogP contribution in [0.25, 0.3) is 0 Å². The normalized spacial score (nSPS) is 25.5. The van der Waals surface area contributed by atoms with Crippen molar-refractivity contribution < 1.29 is 32.3 Å². The van der Waals surface area contributed by atoms with E-state index in [-0.39, 0.29) is 24.8 Å². The molecule has 3 aliphatic rings. The predicted octanol–water partition coefficient (Wildman–Crippen LogP) is 0.746. The zero-order chi connectivity index (χ0) is 24.8. The third kappa shape index (κ3) is 4.46. The monoisotopic (exact) mass is 481 g/mol. The second-order valence-electron chi connectivity index (χ2n) is 9.25. The number of rotatable bonds is 6. The van der Waals surface area contributed by atoms with E-state index in [2.05, 4.69) is 10.6 Å². The lowest BCUT2D eigenvalue weighted by molar-refractivity contribution is -0.174. The molecule has 184 valence electrons. The Balaban J connectivity index is 1.49. The maximum absolute atomic E-state index is 13.4. The molecule has 0 radical (unpaired) electrons. The van der Waals surface area contributed by atoms with E-state index in [0.29, 0.717) is 12.1 Å². The summed E-state index contributed by atoms with van der Waals surface area (Å²) in [6, 6.07) is 4.62. The molecule has 2 aliphatic heterocycles. The second kappa shape index (κ2) is 8.57. The zero-order valence-corrected chi connectivity index (χ0v) is 18.4. The number of alkyl halides is 3. The fourth-order valence-electron chi connectivity index (χ4n) is 4.66. The maximum Gasteiger partial charge on any atom is 0.471 e. The van der Waals surface area contributed by atoms with Crippen LogP contribution in [0.1, 0.15) is 38.2 Å². The van der Waals surface area contributed by atoms with Crippen LogP contribution in [0.3, 0.4) is 0 Å². The number of fused-ring (bicyclic) bond motifs is 2. The molecule has 0 bridgehead atoms. The van der Waals surface area contributed by atoms with Gasteiger partial charge >= 0.3 is 12.1 Å². The Morgan fingerprint density at radius 2 is 1.91 bits per heavy atom. The van der Waals surface area contributed by atoms with Crippen molar-refractivity contribution in [1.29, 1.82) is 0 Å². The molecule has 9 nitrogen and oxygen atoms in total. The molecule has 5 N–H and O–H groups in total. The molecule has 4 amide bonds. The number of benzene rings is 1. The summed E-state index contributed by atoms with van der Waals surface area (Å²) in [6.07, 6.45) is -3.69. The van der Waals surface area contributed by atoms with Crippen molar-refractivity contribution in [2.45, 2.75) is 62.4 Å². The van der Waals surface area contributed by atoms with Crippen LogP contribution >= 0.6 is 0 Å². The number of likely N-dealkylation sites (tertiary alicyclic amines) is 1. The number of hydrogen-bond donors (Lipinski definition) is 4. The first-order chi connectivity index (χ1) is 15.9. The van der Waals surface area contributed by atoms with E-state index in [1.165, 1.54) is 4.90 Å². The summed E-state index contributed by atoms with van der Waals surface area (Å²) < 4.78 is 37.6. The highest BCUT2D eigenvalue weighted by molar-refractivity contribution is 6.07. The van der Waals surface area contributed by atoms with Crippen molar-refractivity contribution in [3.8, 4) is 0 Å². The van der Waals surface area contributed by atoms with Crippen molar-refractivity contribution in [1.82, 2.24) is 15.5 Å². The average molecular weight is 481 g/mol. The van der Waals surface area contributed by atoms with E-state index in [4.69, 9.17) is 5.73 Å². The summed E-state index contributed by atoms with van der Waals surface area (Å²) in [5.41, 5.74) is 6.67. The molecule has 1 aromatic carbocycles. The van der Waals surface area contributed by atoms with Gasteiger partial charge in [-0.05, 0) is 30.9 Å². The van der Waals surface area contributed by atoms with Gasteiger partial charge in [0.1, 0.15) is 12.1 Å². The molecule has 1 unspecified atom stereocenters. The molecule has 4 atom stereocenters. The number of para-hydroxylation sites is 1. The molecule has 12 heteroatoms. The zero-order valence-electron chi connectivity index (χ0n) is 18.4. The first kappa shape index (κ1) is 24.0. The number of carbonyl (C=O) groups is 4. The Morgan fingerprint density at radius 1 is 1.24 bits per heavy atom. The average Bonchev–Trinajstić information content (AvgIpc) is 3.46. The first-order valence-electron chi connectivity index (χ1n) is 11.1. The standard InChI is InChI=1S/C22H26F3N5O4/c1-11(27-20(34)22(23,24)25)17(31)28-15(8-12-6-7-12)18(32)30-10-21(9-16(30)26)13-4-2-3-5-14(13)29-19(21)33/h2-5,11-12,15-16H,6-10,26H2,1H3,(H,27,34)(H,28,31)(H,29,33)/t11?,15-,16-,21-/m0/s1. The Hall–Kier alpha value is -3.15. The van der Waals surface area contributed by atoms with Crippen LogP contribution in [0.4, 0.5) is 18.9 Å². The maximum atomic E-state index is 13.4. The third-order valence-corrected chi connectivity index (χ3v) is 6.69. The Labute approximate surface area is 193 Å². The molecule has 4 rings (SSSR count). The molecule has 2 heterocycles. The second-order valence-corrected chi connectivity index (χ2v) is 9.25. The minimum atomic E-state index is -5.13. The van der Waals surface area contributed by atoms with Crippen molar-refractivity contribution in [3.05, 3.63) is 29.8 Å². The number of anilines is 1.